The zero-order chi connectivity index (χ0) is 12.5. The lowest BCUT2D eigenvalue weighted by molar-refractivity contribution is 1.17. The van der Waals surface area contributed by atoms with Crippen LogP contribution < -0.4 is 0 Å². The molecule has 0 saturated carbocycles. The number of nitrogens with zero attached hydrogens (tertiary/aromatic N) is 1. The van der Waals surface area contributed by atoms with Gasteiger partial charge in [-0.05, 0) is 36.2 Å². The Balaban J connectivity index is 2.33. The van der Waals surface area contributed by atoms with E-state index in [1.165, 1.54) is 22.2 Å². The van der Waals surface area contributed by atoms with Gasteiger partial charge in [0.25, 0.3) is 0 Å². The number of fused-ring (bicyclic) bond motifs is 1. The van der Waals surface area contributed by atoms with Crippen molar-refractivity contribution in [1.82, 2.24) is 4.40 Å². The second-order valence-electron chi connectivity index (χ2n) is 4.43. The molecule has 3 aromatic rings. The van der Waals surface area contributed by atoms with E-state index in [1.54, 1.807) is 5.37 Å². The monoisotopic (exact) mass is 251 g/mol. The van der Waals surface area contributed by atoms with Crippen molar-refractivity contribution in [3.8, 4) is 11.1 Å². The van der Waals surface area contributed by atoms with E-state index in [1.807, 2.05) is 6.07 Å². The summed E-state index contributed by atoms with van der Waals surface area (Å²) in [5.74, 6) is 0. The summed E-state index contributed by atoms with van der Waals surface area (Å²) in [6.07, 6.45) is 2.08. The summed E-state index contributed by atoms with van der Waals surface area (Å²) in [7, 11) is 0. The Morgan fingerprint density at radius 1 is 1.06 bits per heavy atom. The quantitative estimate of drug-likeness (QED) is 0.616. The van der Waals surface area contributed by atoms with Crippen LogP contribution in [0.25, 0.3) is 16.6 Å². The molecule has 1 nitrogen and oxygen atoms in total. The lowest BCUT2D eigenvalue weighted by atomic mass is 10.1. The van der Waals surface area contributed by atoms with Gasteiger partial charge in [-0.2, -0.15) is 0 Å². The third-order valence-electron chi connectivity index (χ3n) is 3.16. The topological polar surface area (TPSA) is 4.41 Å². The maximum absolute atomic E-state index is 5.17. The van der Waals surface area contributed by atoms with Crippen LogP contribution in [0, 0.1) is 6.92 Å². The second kappa shape index (κ2) is 4.39. The van der Waals surface area contributed by atoms with Crippen molar-refractivity contribution in [2.24, 2.45) is 0 Å². The predicted octanol–water partition coefficient (Wildman–Crippen LogP) is 4.26. The van der Waals surface area contributed by atoms with Crippen LogP contribution in [0.1, 0.15) is 11.3 Å². The van der Waals surface area contributed by atoms with Gasteiger partial charge >= 0.3 is 0 Å². The van der Waals surface area contributed by atoms with Gasteiger partial charge in [0.1, 0.15) is 0 Å². The van der Waals surface area contributed by atoms with Gasteiger partial charge in [0, 0.05) is 22.6 Å². The van der Waals surface area contributed by atoms with Gasteiger partial charge in [-0.1, -0.05) is 42.5 Å². The first-order chi connectivity index (χ1) is 8.79. The molecular weight excluding hydrogens is 238 g/mol. The summed E-state index contributed by atoms with van der Waals surface area (Å²) in [6.45, 7) is 2.10. The number of aromatic nitrogens is 1. The molecule has 0 radical (unpaired) electrons. The van der Waals surface area contributed by atoms with E-state index in [-0.39, 0.29) is 0 Å². The molecule has 0 aliphatic heterocycles. The molecule has 2 aromatic heterocycles. The van der Waals surface area contributed by atoms with Gasteiger partial charge in [0.2, 0.25) is 0 Å². The van der Waals surface area contributed by atoms with E-state index in [9.17, 15) is 0 Å². The summed E-state index contributed by atoms with van der Waals surface area (Å²) in [5.41, 5.74) is 5.91. The maximum Gasteiger partial charge on any atom is 0.0641 e. The number of aryl methyl sites for hydroxylation is 1. The van der Waals surface area contributed by atoms with E-state index >= 15 is 0 Å². The number of thiocarbonyl (C=S) groups is 1. The highest BCUT2D eigenvalue weighted by Gasteiger charge is 2.09. The number of hydrogen-bond acceptors (Lipinski definition) is 1. The van der Waals surface area contributed by atoms with Crippen molar-refractivity contribution in [2.45, 2.75) is 6.92 Å². The SMILES string of the molecule is Cc1ccn2c(C=S)c(-c3ccccc3)cc2c1. The molecule has 2 heteroatoms. The fraction of sp³-hybridized carbons (Fsp3) is 0.0625. The van der Waals surface area contributed by atoms with Crippen molar-refractivity contribution in [1.29, 1.82) is 0 Å². The molecule has 0 aliphatic rings. The molecule has 0 saturated heterocycles. The molecule has 0 amide bonds. The average molecular weight is 251 g/mol. The highest BCUT2D eigenvalue weighted by Crippen LogP contribution is 2.27. The van der Waals surface area contributed by atoms with Crippen molar-refractivity contribution in [3.63, 3.8) is 0 Å². The van der Waals surface area contributed by atoms with Crippen molar-refractivity contribution in [2.75, 3.05) is 0 Å². The van der Waals surface area contributed by atoms with E-state index in [0.29, 0.717) is 0 Å². The molecule has 88 valence electrons. The minimum Gasteiger partial charge on any atom is -0.316 e. The Labute approximate surface area is 112 Å². The molecule has 0 spiro atoms. The first-order valence-corrected chi connectivity index (χ1v) is 6.39. The largest absolute Gasteiger partial charge is 0.316 e. The molecule has 0 atom stereocenters. The van der Waals surface area contributed by atoms with Crippen molar-refractivity contribution in [3.05, 3.63) is 66.0 Å². The standard InChI is InChI=1S/C16H13NS/c1-12-7-8-17-14(9-12)10-15(16(17)11-18)13-5-3-2-4-6-13/h2-11H,1H3. The Morgan fingerprint density at radius 2 is 1.83 bits per heavy atom. The molecule has 0 fully saturated rings. The lowest BCUT2D eigenvalue weighted by Crippen LogP contribution is -1.91. The van der Waals surface area contributed by atoms with Gasteiger partial charge in [0.05, 0.1) is 5.69 Å². The number of pyridine rings is 1. The minimum atomic E-state index is 1.08. The normalized spacial score (nSPS) is 10.7. The summed E-state index contributed by atoms with van der Waals surface area (Å²) >= 11 is 5.17. The van der Waals surface area contributed by atoms with Crippen molar-refractivity contribution >= 4 is 23.1 Å². The first kappa shape index (κ1) is 11.2. The first-order valence-electron chi connectivity index (χ1n) is 5.92. The predicted molar refractivity (Wildman–Crippen MR) is 80.3 cm³/mol. The molecule has 0 unspecified atom stereocenters. The Morgan fingerprint density at radius 3 is 2.56 bits per heavy atom. The maximum atomic E-state index is 5.17. The zero-order valence-electron chi connectivity index (χ0n) is 10.1. The average Bonchev–Trinajstić information content (AvgIpc) is 2.77. The third kappa shape index (κ3) is 1.75. The fourth-order valence-electron chi connectivity index (χ4n) is 2.28. The van der Waals surface area contributed by atoms with Crippen LogP contribution in [0.15, 0.2) is 54.7 Å². The molecule has 0 aliphatic carbocycles. The van der Waals surface area contributed by atoms with Crippen LogP contribution in [0.2, 0.25) is 0 Å². The molecule has 3 rings (SSSR count). The number of rotatable bonds is 2. The summed E-state index contributed by atoms with van der Waals surface area (Å²) < 4.78 is 2.14. The second-order valence-corrected chi connectivity index (χ2v) is 4.66. The number of benzene rings is 1. The van der Waals surface area contributed by atoms with Crippen molar-refractivity contribution < 1.29 is 0 Å². The van der Waals surface area contributed by atoms with E-state index < -0.39 is 0 Å². The van der Waals surface area contributed by atoms with Gasteiger partial charge in [-0.25, -0.2) is 0 Å². The molecule has 0 bridgehead atoms. The summed E-state index contributed by atoms with van der Waals surface area (Å²) in [4.78, 5) is 0. The Bertz CT molecular complexity index is 711. The Kier molecular flexibility index (Phi) is 2.73. The summed E-state index contributed by atoms with van der Waals surface area (Å²) in [5, 5.41) is 1.75. The molecule has 0 N–H and O–H groups in total. The van der Waals surface area contributed by atoms with Crippen LogP contribution >= 0.6 is 12.2 Å². The fourth-order valence-corrected chi connectivity index (χ4v) is 2.52. The van der Waals surface area contributed by atoms with E-state index in [4.69, 9.17) is 12.2 Å². The molecular formula is C16H13NS. The third-order valence-corrected chi connectivity index (χ3v) is 3.39. The van der Waals surface area contributed by atoms with Gasteiger partial charge in [-0.3, -0.25) is 0 Å². The van der Waals surface area contributed by atoms with Gasteiger partial charge in [0.15, 0.2) is 0 Å². The Hall–Kier alpha value is -1.93. The number of hydrogen-bond donors (Lipinski definition) is 0. The van der Waals surface area contributed by atoms with Crippen LogP contribution in [0.5, 0.6) is 0 Å². The van der Waals surface area contributed by atoms with Gasteiger partial charge in [-0.15, -0.1) is 0 Å². The van der Waals surface area contributed by atoms with Gasteiger partial charge < -0.3 is 4.40 Å². The highest BCUT2D eigenvalue weighted by atomic mass is 32.1. The molecule has 18 heavy (non-hydrogen) atoms. The minimum absolute atomic E-state index is 1.08. The van der Waals surface area contributed by atoms with Crippen LogP contribution in [0.4, 0.5) is 0 Å². The van der Waals surface area contributed by atoms with E-state index in [2.05, 4.69) is 60.0 Å². The smallest absolute Gasteiger partial charge is 0.0641 e. The van der Waals surface area contributed by atoms with E-state index in [0.717, 1.165) is 5.69 Å². The molecule has 1 aromatic carbocycles. The molecule has 2 heterocycles. The van der Waals surface area contributed by atoms with Crippen LogP contribution in [-0.4, -0.2) is 9.77 Å². The van der Waals surface area contributed by atoms with Crippen LogP contribution in [-0.2, 0) is 0 Å². The summed E-state index contributed by atoms with van der Waals surface area (Å²) in [6, 6.07) is 16.8. The highest BCUT2D eigenvalue weighted by molar-refractivity contribution is 7.79. The van der Waals surface area contributed by atoms with Crippen LogP contribution in [0.3, 0.4) is 0 Å². The lowest BCUT2D eigenvalue weighted by Gasteiger charge is -2.01. The zero-order valence-corrected chi connectivity index (χ0v) is 10.9.